The van der Waals surface area contributed by atoms with Gasteiger partial charge in [-0.1, -0.05) is 48.5 Å². The van der Waals surface area contributed by atoms with Crippen LogP contribution in [0.2, 0.25) is 0 Å². The van der Waals surface area contributed by atoms with Gasteiger partial charge in [-0.25, -0.2) is 0 Å². The molecule has 0 saturated carbocycles. The number of anilines is 1. The van der Waals surface area contributed by atoms with Crippen LogP contribution in [0, 0.1) is 0 Å². The SMILES string of the molecule is CC(=O)N[C@@H](CC(=O)OCC(=O)N1CCN(c2ccccc2)CC1)c1ccccc1. The molecular formula is C23H27N3O4. The molecule has 7 nitrogen and oxygen atoms in total. The third-order valence-corrected chi connectivity index (χ3v) is 5.06. The molecule has 0 bridgehead atoms. The number of amides is 2. The number of hydrogen-bond acceptors (Lipinski definition) is 5. The smallest absolute Gasteiger partial charge is 0.308 e. The summed E-state index contributed by atoms with van der Waals surface area (Å²) in [5.41, 5.74) is 1.95. The van der Waals surface area contributed by atoms with Gasteiger partial charge in [-0.15, -0.1) is 0 Å². The molecule has 7 heteroatoms. The summed E-state index contributed by atoms with van der Waals surface area (Å²) >= 11 is 0. The Morgan fingerprint density at radius 2 is 1.53 bits per heavy atom. The fraction of sp³-hybridized carbons (Fsp3) is 0.348. The van der Waals surface area contributed by atoms with E-state index in [4.69, 9.17) is 4.74 Å². The van der Waals surface area contributed by atoms with E-state index >= 15 is 0 Å². The maximum Gasteiger partial charge on any atom is 0.308 e. The van der Waals surface area contributed by atoms with Gasteiger partial charge in [-0.05, 0) is 17.7 Å². The number of para-hydroxylation sites is 1. The van der Waals surface area contributed by atoms with Crippen molar-refractivity contribution in [3.05, 3.63) is 66.2 Å². The number of piperazine rings is 1. The molecule has 0 radical (unpaired) electrons. The van der Waals surface area contributed by atoms with E-state index in [-0.39, 0.29) is 24.8 Å². The van der Waals surface area contributed by atoms with Gasteiger partial charge in [0.2, 0.25) is 5.91 Å². The Bertz CT molecular complexity index is 849. The van der Waals surface area contributed by atoms with Gasteiger partial charge >= 0.3 is 5.97 Å². The Hall–Kier alpha value is -3.35. The van der Waals surface area contributed by atoms with Gasteiger partial charge in [0.05, 0.1) is 12.5 Å². The van der Waals surface area contributed by atoms with Gasteiger partial charge in [0.25, 0.3) is 5.91 Å². The second-order valence-electron chi connectivity index (χ2n) is 7.23. The largest absolute Gasteiger partial charge is 0.455 e. The van der Waals surface area contributed by atoms with Crippen LogP contribution in [-0.4, -0.2) is 55.5 Å². The Morgan fingerprint density at radius 3 is 2.13 bits per heavy atom. The second-order valence-corrected chi connectivity index (χ2v) is 7.23. The molecule has 0 aromatic heterocycles. The van der Waals surface area contributed by atoms with Gasteiger partial charge in [0.15, 0.2) is 6.61 Å². The number of nitrogens with one attached hydrogen (secondary N) is 1. The number of carbonyl (C=O) groups excluding carboxylic acids is 3. The first-order valence-corrected chi connectivity index (χ1v) is 10.1. The minimum absolute atomic E-state index is 0.0291. The molecule has 1 N–H and O–H groups in total. The van der Waals surface area contributed by atoms with Gasteiger partial charge in [-0.2, -0.15) is 0 Å². The normalized spacial score (nSPS) is 14.7. The van der Waals surface area contributed by atoms with E-state index in [1.165, 1.54) is 6.92 Å². The van der Waals surface area contributed by atoms with Crippen LogP contribution in [0.4, 0.5) is 5.69 Å². The number of benzene rings is 2. The van der Waals surface area contributed by atoms with Crippen LogP contribution in [0.15, 0.2) is 60.7 Å². The van der Waals surface area contributed by atoms with E-state index in [0.717, 1.165) is 24.3 Å². The third-order valence-electron chi connectivity index (χ3n) is 5.06. The van der Waals surface area contributed by atoms with Gasteiger partial charge in [0, 0.05) is 38.8 Å². The summed E-state index contributed by atoms with van der Waals surface area (Å²) in [4.78, 5) is 40.1. The van der Waals surface area contributed by atoms with Crippen LogP contribution in [0.25, 0.3) is 0 Å². The zero-order valence-corrected chi connectivity index (χ0v) is 17.1. The van der Waals surface area contributed by atoms with Crippen molar-refractivity contribution in [1.29, 1.82) is 0 Å². The standard InChI is InChI=1S/C23H27N3O4/c1-18(27)24-21(19-8-4-2-5-9-19)16-23(29)30-17-22(28)26-14-12-25(13-15-26)20-10-6-3-7-11-20/h2-11,21H,12-17H2,1H3,(H,24,27)/t21-/m0/s1. The van der Waals surface area contributed by atoms with Crippen molar-refractivity contribution < 1.29 is 19.1 Å². The van der Waals surface area contributed by atoms with E-state index in [1.807, 2.05) is 48.5 Å². The quantitative estimate of drug-likeness (QED) is 0.709. The number of nitrogens with zero attached hydrogens (tertiary/aromatic N) is 2. The Balaban J connectivity index is 1.46. The van der Waals surface area contributed by atoms with Crippen molar-refractivity contribution >= 4 is 23.5 Å². The average Bonchev–Trinajstić information content (AvgIpc) is 2.78. The molecule has 2 aromatic rings. The van der Waals surface area contributed by atoms with Crippen LogP contribution in [0.1, 0.15) is 24.9 Å². The van der Waals surface area contributed by atoms with Crippen LogP contribution in [-0.2, 0) is 19.1 Å². The predicted molar refractivity (Wildman–Crippen MR) is 114 cm³/mol. The zero-order chi connectivity index (χ0) is 21.3. The van der Waals surface area contributed by atoms with Crippen LogP contribution in [0.5, 0.6) is 0 Å². The molecule has 1 fully saturated rings. The van der Waals surface area contributed by atoms with Crippen molar-refractivity contribution in [3.63, 3.8) is 0 Å². The van der Waals surface area contributed by atoms with Gasteiger partial charge in [-0.3, -0.25) is 14.4 Å². The van der Waals surface area contributed by atoms with Crippen molar-refractivity contribution in [3.8, 4) is 0 Å². The first kappa shape index (κ1) is 21.4. The fourth-order valence-corrected chi connectivity index (χ4v) is 3.49. The number of carbonyl (C=O) groups is 3. The summed E-state index contributed by atoms with van der Waals surface area (Å²) < 4.78 is 5.21. The molecule has 1 atom stereocenters. The molecule has 2 aromatic carbocycles. The lowest BCUT2D eigenvalue weighted by atomic mass is 10.0. The second kappa shape index (κ2) is 10.4. The number of esters is 1. The number of ether oxygens (including phenoxy) is 1. The van der Waals surface area contributed by atoms with Crippen molar-refractivity contribution in [2.45, 2.75) is 19.4 Å². The fourth-order valence-electron chi connectivity index (χ4n) is 3.49. The lowest BCUT2D eigenvalue weighted by Gasteiger charge is -2.36. The minimum Gasteiger partial charge on any atom is -0.455 e. The molecule has 158 valence electrons. The van der Waals surface area contributed by atoms with E-state index in [2.05, 4.69) is 22.3 Å². The van der Waals surface area contributed by atoms with E-state index in [9.17, 15) is 14.4 Å². The summed E-state index contributed by atoms with van der Waals surface area (Å²) in [7, 11) is 0. The summed E-state index contributed by atoms with van der Waals surface area (Å²) in [6, 6.07) is 18.8. The highest BCUT2D eigenvalue weighted by Gasteiger charge is 2.23. The molecule has 1 saturated heterocycles. The minimum atomic E-state index is -0.520. The van der Waals surface area contributed by atoms with Crippen molar-refractivity contribution in [2.75, 3.05) is 37.7 Å². The number of hydrogen-bond donors (Lipinski definition) is 1. The summed E-state index contributed by atoms with van der Waals surface area (Å²) in [5.74, 6) is -0.954. The van der Waals surface area contributed by atoms with Crippen molar-refractivity contribution in [1.82, 2.24) is 10.2 Å². The molecule has 3 rings (SSSR count). The highest BCUT2D eigenvalue weighted by atomic mass is 16.5. The monoisotopic (exact) mass is 409 g/mol. The maximum atomic E-state index is 12.4. The van der Waals surface area contributed by atoms with Crippen molar-refractivity contribution in [2.24, 2.45) is 0 Å². The van der Waals surface area contributed by atoms with E-state index in [0.29, 0.717) is 13.1 Å². The molecular weight excluding hydrogens is 382 g/mol. The van der Waals surface area contributed by atoms with Crippen LogP contribution >= 0.6 is 0 Å². The topological polar surface area (TPSA) is 78.9 Å². The molecule has 30 heavy (non-hydrogen) atoms. The Morgan fingerprint density at radius 1 is 0.933 bits per heavy atom. The Kier molecular flexibility index (Phi) is 7.43. The molecule has 1 aliphatic rings. The molecule has 0 aliphatic carbocycles. The van der Waals surface area contributed by atoms with E-state index < -0.39 is 12.0 Å². The average molecular weight is 409 g/mol. The van der Waals surface area contributed by atoms with Gasteiger partial charge < -0.3 is 19.9 Å². The van der Waals surface area contributed by atoms with Crippen LogP contribution < -0.4 is 10.2 Å². The molecule has 1 heterocycles. The highest BCUT2D eigenvalue weighted by molar-refractivity contribution is 5.81. The summed E-state index contributed by atoms with van der Waals surface area (Å²) in [6.07, 6.45) is -0.0291. The van der Waals surface area contributed by atoms with Crippen LogP contribution in [0.3, 0.4) is 0 Å². The molecule has 0 spiro atoms. The lowest BCUT2D eigenvalue weighted by molar-refractivity contribution is -0.152. The molecule has 1 aliphatic heterocycles. The molecule has 0 unspecified atom stereocenters. The van der Waals surface area contributed by atoms with E-state index in [1.54, 1.807) is 4.90 Å². The van der Waals surface area contributed by atoms with Gasteiger partial charge in [0.1, 0.15) is 0 Å². The number of rotatable bonds is 7. The third kappa shape index (κ3) is 6.07. The molecule has 2 amide bonds. The first-order chi connectivity index (χ1) is 14.5. The predicted octanol–water partition coefficient (Wildman–Crippen LogP) is 2.15. The maximum absolute atomic E-state index is 12.4. The first-order valence-electron chi connectivity index (χ1n) is 10.1. The zero-order valence-electron chi connectivity index (χ0n) is 17.1. The summed E-state index contributed by atoms with van der Waals surface area (Å²) in [5, 5.41) is 2.76. The lowest BCUT2D eigenvalue weighted by Crippen LogP contribution is -2.50. The Labute approximate surface area is 176 Å². The summed E-state index contributed by atoms with van der Waals surface area (Å²) in [6.45, 7) is 3.77. The highest BCUT2D eigenvalue weighted by Crippen LogP contribution is 2.18.